The van der Waals surface area contributed by atoms with Crippen molar-refractivity contribution in [1.82, 2.24) is 0 Å². The maximum absolute atomic E-state index is 14.9. The van der Waals surface area contributed by atoms with Crippen LogP contribution >= 0.6 is 11.6 Å². The van der Waals surface area contributed by atoms with Gasteiger partial charge >= 0.3 is 5.97 Å². The summed E-state index contributed by atoms with van der Waals surface area (Å²) in [5, 5.41) is -0.179. The van der Waals surface area contributed by atoms with Gasteiger partial charge in [-0.2, -0.15) is 0 Å². The van der Waals surface area contributed by atoms with Crippen LogP contribution in [0.2, 0.25) is 5.02 Å². The number of carbonyl (C=O) groups excluding carboxylic acids is 1. The van der Waals surface area contributed by atoms with E-state index in [0.29, 0.717) is 17.2 Å². The molecule has 0 spiro atoms. The van der Waals surface area contributed by atoms with Gasteiger partial charge in [0.05, 0.1) is 23.4 Å². The van der Waals surface area contributed by atoms with E-state index in [4.69, 9.17) is 25.8 Å². The van der Waals surface area contributed by atoms with Gasteiger partial charge in [0.15, 0.2) is 5.75 Å². The van der Waals surface area contributed by atoms with Crippen LogP contribution in [0.15, 0.2) is 47.4 Å². The Balaban J connectivity index is 1.97. The number of anilines is 1. The number of rotatable bonds is 1. The Morgan fingerprint density at radius 3 is 2.53 bits per heavy atom. The number of aryl methyl sites for hydroxylation is 1. The molecule has 34 heavy (non-hydrogen) atoms. The lowest BCUT2D eigenvalue weighted by atomic mass is 9.98. The number of ether oxygens (including phenoxy) is 3. The van der Waals surface area contributed by atoms with Crippen molar-refractivity contribution < 1.29 is 36.2 Å². The van der Waals surface area contributed by atoms with E-state index < -0.39 is 38.2 Å². The summed E-state index contributed by atoms with van der Waals surface area (Å²) in [6.45, 7) is 1.43. The van der Waals surface area contributed by atoms with Crippen molar-refractivity contribution in [3.8, 4) is 22.6 Å². The molecule has 3 aromatic carbocycles. The third kappa shape index (κ3) is 4.38. The number of carbonyl (C=O) groups is 1. The Kier molecular flexibility index (Phi) is 6.37. The summed E-state index contributed by atoms with van der Waals surface area (Å²) in [5.74, 6) is -2.94. The first-order valence-corrected chi connectivity index (χ1v) is 11.8. The van der Waals surface area contributed by atoms with Crippen LogP contribution in [-0.4, -0.2) is 34.7 Å². The molecule has 1 heterocycles. The summed E-state index contributed by atoms with van der Waals surface area (Å²) in [6, 6.07) is 8.75. The second-order valence-electron chi connectivity index (χ2n) is 7.34. The van der Waals surface area contributed by atoms with Crippen LogP contribution < -0.4 is 14.2 Å². The molecule has 0 saturated heterocycles. The van der Waals surface area contributed by atoms with Crippen LogP contribution in [0.25, 0.3) is 11.1 Å². The number of esters is 1. The normalized spacial score (nSPS) is 15.0. The number of hydrogen-bond acceptors (Lipinski definition) is 6. The smallest absolute Gasteiger partial charge is 0.338 e. The van der Waals surface area contributed by atoms with Crippen molar-refractivity contribution >= 4 is 33.3 Å². The predicted molar refractivity (Wildman–Crippen MR) is 121 cm³/mol. The van der Waals surface area contributed by atoms with E-state index in [1.54, 1.807) is 25.1 Å². The largest absolute Gasteiger partial charge is 0.494 e. The molecule has 0 radical (unpaired) electrons. The number of benzene rings is 3. The second-order valence-corrected chi connectivity index (χ2v) is 9.40. The van der Waals surface area contributed by atoms with E-state index in [-0.39, 0.29) is 40.9 Å². The molecule has 0 aliphatic carbocycles. The van der Waals surface area contributed by atoms with Crippen molar-refractivity contribution in [2.45, 2.75) is 11.8 Å². The van der Waals surface area contributed by atoms with Gasteiger partial charge in [-0.1, -0.05) is 23.7 Å². The Bertz CT molecular complexity index is 1410. The molecule has 1 N–H and O–H groups in total. The number of halogens is 3. The minimum Gasteiger partial charge on any atom is -0.494 e. The lowest BCUT2D eigenvalue weighted by Crippen LogP contribution is -2.17. The van der Waals surface area contributed by atoms with Crippen molar-refractivity contribution in [2.24, 2.45) is 0 Å². The van der Waals surface area contributed by atoms with Crippen molar-refractivity contribution in [3.63, 3.8) is 0 Å². The summed E-state index contributed by atoms with van der Waals surface area (Å²) in [7, 11) is -3.36. The van der Waals surface area contributed by atoms with E-state index in [9.17, 15) is 22.0 Å². The van der Waals surface area contributed by atoms with Gasteiger partial charge in [0.1, 0.15) is 35.5 Å². The first-order chi connectivity index (χ1) is 16.1. The van der Waals surface area contributed by atoms with Gasteiger partial charge in [-0.3, -0.25) is 4.72 Å². The monoisotopic (exact) mass is 509 g/mol. The standard InChI is InChI=1S/C23H18ClF2NO6S/c1-12-4-3-5-19-21(12)14-10-18(17(26)11-16(14)25)27-34(29,30)20-9-13(8-15(24)22(20)31-2)23(28)33-7-6-32-19/h3-5,8-11,27H,6-7H2,1-2H3. The predicted octanol–water partition coefficient (Wildman–Crippen LogP) is 4.95. The summed E-state index contributed by atoms with van der Waals surface area (Å²) in [4.78, 5) is 12.0. The Hall–Kier alpha value is -3.37. The molecule has 0 atom stereocenters. The van der Waals surface area contributed by atoms with Crippen molar-refractivity contribution in [3.05, 3.63) is 70.2 Å². The van der Waals surface area contributed by atoms with Gasteiger partial charge in [0.2, 0.25) is 0 Å². The van der Waals surface area contributed by atoms with Gasteiger partial charge in [-0.25, -0.2) is 22.0 Å². The lowest BCUT2D eigenvalue weighted by Gasteiger charge is -2.17. The summed E-state index contributed by atoms with van der Waals surface area (Å²) in [5.41, 5.74) is 0.114. The molecule has 0 amide bonds. The quantitative estimate of drug-likeness (QED) is 0.467. The molecule has 4 bridgehead atoms. The van der Waals surface area contributed by atoms with Gasteiger partial charge in [0, 0.05) is 17.2 Å². The van der Waals surface area contributed by atoms with Gasteiger partial charge in [-0.15, -0.1) is 0 Å². The van der Waals surface area contributed by atoms with E-state index >= 15 is 0 Å². The number of sulfonamides is 1. The van der Waals surface area contributed by atoms with Crippen LogP contribution in [0, 0.1) is 18.6 Å². The third-order valence-electron chi connectivity index (χ3n) is 5.12. The molecule has 178 valence electrons. The highest BCUT2D eigenvalue weighted by atomic mass is 35.5. The molecular weight excluding hydrogens is 492 g/mol. The van der Waals surface area contributed by atoms with Crippen LogP contribution in [0.1, 0.15) is 15.9 Å². The topological polar surface area (TPSA) is 90.9 Å². The molecule has 7 nitrogen and oxygen atoms in total. The fourth-order valence-corrected chi connectivity index (χ4v) is 5.21. The maximum Gasteiger partial charge on any atom is 0.338 e. The summed E-state index contributed by atoms with van der Waals surface area (Å²) >= 11 is 6.14. The number of cyclic esters (lactones) is 1. The highest BCUT2D eigenvalue weighted by molar-refractivity contribution is 7.92. The molecule has 1 aliphatic rings. The van der Waals surface area contributed by atoms with E-state index in [1.807, 2.05) is 0 Å². The van der Waals surface area contributed by atoms with E-state index in [2.05, 4.69) is 4.72 Å². The number of methoxy groups -OCH3 is 1. The fraction of sp³-hybridized carbons (Fsp3) is 0.174. The zero-order valence-corrected chi connectivity index (χ0v) is 19.5. The van der Waals surface area contributed by atoms with Crippen LogP contribution in [0.4, 0.5) is 14.5 Å². The van der Waals surface area contributed by atoms with E-state index in [1.165, 1.54) is 13.2 Å². The van der Waals surface area contributed by atoms with Crippen molar-refractivity contribution in [1.29, 1.82) is 0 Å². The highest BCUT2D eigenvalue weighted by Gasteiger charge is 2.27. The average molecular weight is 510 g/mol. The highest BCUT2D eigenvalue weighted by Crippen LogP contribution is 2.39. The average Bonchev–Trinajstić information content (AvgIpc) is 2.78. The molecule has 0 aromatic heterocycles. The number of nitrogens with one attached hydrogen (secondary N) is 1. The van der Waals surface area contributed by atoms with Crippen LogP contribution in [0.5, 0.6) is 11.5 Å². The molecule has 3 aromatic rings. The third-order valence-corrected chi connectivity index (χ3v) is 6.77. The Labute approximate surface area is 199 Å². The summed E-state index contributed by atoms with van der Waals surface area (Å²) in [6.07, 6.45) is 0. The second kappa shape index (κ2) is 9.11. The molecule has 1 aliphatic heterocycles. The van der Waals surface area contributed by atoms with E-state index in [0.717, 1.165) is 12.1 Å². The zero-order valence-electron chi connectivity index (χ0n) is 17.9. The molecule has 4 rings (SSSR count). The van der Waals surface area contributed by atoms with Gasteiger partial charge in [-0.05, 0) is 36.8 Å². The number of fused-ring (bicyclic) bond motifs is 6. The molecule has 0 saturated carbocycles. The molecular formula is C23H18ClF2NO6S. The lowest BCUT2D eigenvalue weighted by molar-refractivity contribution is 0.0450. The minimum atomic E-state index is -4.55. The maximum atomic E-state index is 14.9. The van der Waals surface area contributed by atoms with Crippen molar-refractivity contribution in [2.75, 3.05) is 25.0 Å². The first-order valence-electron chi connectivity index (χ1n) is 9.91. The molecule has 0 fully saturated rings. The summed E-state index contributed by atoms with van der Waals surface area (Å²) < 4.78 is 74.1. The molecule has 0 unspecified atom stereocenters. The van der Waals surface area contributed by atoms with Crippen LogP contribution in [0.3, 0.4) is 0 Å². The first kappa shape index (κ1) is 23.8. The fourth-order valence-electron chi connectivity index (χ4n) is 3.58. The minimum absolute atomic E-state index is 0.0782. The Morgan fingerprint density at radius 2 is 1.79 bits per heavy atom. The van der Waals surface area contributed by atoms with Crippen LogP contribution in [-0.2, 0) is 14.8 Å². The number of hydrogen-bond donors (Lipinski definition) is 1. The molecule has 11 heteroatoms. The zero-order chi connectivity index (χ0) is 24.6. The van der Waals surface area contributed by atoms with Gasteiger partial charge in [0.25, 0.3) is 10.0 Å². The van der Waals surface area contributed by atoms with Gasteiger partial charge < -0.3 is 14.2 Å². The Morgan fingerprint density at radius 1 is 1.06 bits per heavy atom. The SMILES string of the molecule is COc1c(Cl)cc2cc1S(=O)(=O)Nc1cc(c(F)cc1F)-c1c(C)cccc1OCCOC2=O.